The van der Waals surface area contributed by atoms with E-state index >= 15 is 0 Å². The monoisotopic (exact) mass is 281 g/mol. The number of carbonyl (C=O) groups is 1. The second-order valence-electron chi connectivity index (χ2n) is 4.48. The van der Waals surface area contributed by atoms with Gasteiger partial charge in [-0.3, -0.25) is 9.69 Å². The molecule has 0 amide bonds. The van der Waals surface area contributed by atoms with E-state index in [1.54, 1.807) is 25.3 Å². The van der Waals surface area contributed by atoms with E-state index in [0.717, 1.165) is 0 Å². The maximum atomic E-state index is 12.2. The fourth-order valence-corrected chi connectivity index (χ4v) is 2.00. The number of fused-ring (bicyclic) bond motifs is 1. The third kappa shape index (κ3) is 3.69. The Morgan fingerprint density at radius 1 is 1.35 bits per heavy atom. The molecule has 1 aliphatic heterocycles. The van der Waals surface area contributed by atoms with Gasteiger partial charge in [0.05, 0.1) is 19.8 Å². The molecule has 1 N–H and O–H groups in total. The van der Waals surface area contributed by atoms with Gasteiger partial charge in [0.15, 0.2) is 17.3 Å². The van der Waals surface area contributed by atoms with Crippen LogP contribution in [0.15, 0.2) is 18.2 Å². The third-order valence-corrected chi connectivity index (χ3v) is 3.09. The van der Waals surface area contributed by atoms with Gasteiger partial charge in [0, 0.05) is 25.8 Å². The Bertz CT molecular complexity index is 463. The summed E-state index contributed by atoms with van der Waals surface area (Å²) in [7, 11) is 1.61. The molecule has 1 heterocycles. The molecule has 20 heavy (non-hydrogen) atoms. The molecule has 0 aliphatic carbocycles. The molecule has 6 nitrogen and oxygen atoms in total. The van der Waals surface area contributed by atoms with Crippen LogP contribution in [0.4, 0.5) is 0 Å². The summed E-state index contributed by atoms with van der Waals surface area (Å²) in [5, 5.41) is 9.02. The lowest BCUT2D eigenvalue weighted by Crippen LogP contribution is -2.35. The van der Waals surface area contributed by atoms with Crippen molar-refractivity contribution in [2.45, 2.75) is 0 Å². The fourth-order valence-electron chi connectivity index (χ4n) is 2.00. The van der Waals surface area contributed by atoms with Crippen LogP contribution in [0, 0.1) is 0 Å². The van der Waals surface area contributed by atoms with Gasteiger partial charge in [-0.2, -0.15) is 0 Å². The predicted octanol–water partition coefficient (Wildman–Crippen LogP) is 0.539. The number of aliphatic hydroxyl groups is 1. The molecule has 6 heteroatoms. The Balaban J connectivity index is 1.98. The number of ketones is 1. The lowest BCUT2D eigenvalue weighted by molar-refractivity contribution is 0.0868. The SMILES string of the molecule is COCCN(CCO)CC(=O)c1ccc2c(c1)OCO2. The smallest absolute Gasteiger partial charge is 0.231 e. The highest BCUT2D eigenvalue weighted by atomic mass is 16.7. The first-order valence-corrected chi connectivity index (χ1v) is 6.49. The van der Waals surface area contributed by atoms with Crippen LogP contribution < -0.4 is 9.47 Å². The zero-order chi connectivity index (χ0) is 14.4. The van der Waals surface area contributed by atoms with Crippen LogP contribution in [-0.2, 0) is 4.74 Å². The van der Waals surface area contributed by atoms with Gasteiger partial charge in [-0.25, -0.2) is 0 Å². The van der Waals surface area contributed by atoms with Gasteiger partial charge in [-0.1, -0.05) is 0 Å². The minimum absolute atomic E-state index is 0.0120. The van der Waals surface area contributed by atoms with Crippen LogP contribution in [0.25, 0.3) is 0 Å². The molecule has 0 aromatic heterocycles. The number of benzene rings is 1. The summed E-state index contributed by atoms with van der Waals surface area (Å²) in [6.07, 6.45) is 0. The van der Waals surface area contributed by atoms with Gasteiger partial charge in [-0.15, -0.1) is 0 Å². The summed E-state index contributed by atoms with van der Waals surface area (Å²) in [5.41, 5.74) is 0.578. The fraction of sp³-hybridized carbons (Fsp3) is 0.500. The third-order valence-electron chi connectivity index (χ3n) is 3.09. The van der Waals surface area contributed by atoms with E-state index in [2.05, 4.69) is 0 Å². The number of nitrogens with zero attached hydrogens (tertiary/aromatic N) is 1. The Hall–Kier alpha value is -1.63. The number of hydrogen-bond acceptors (Lipinski definition) is 6. The van der Waals surface area contributed by atoms with Crippen molar-refractivity contribution in [3.8, 4) is 11.5 Å². The second-order valence-corrected chi connectivity index (χ2v) is 4.48. The topological polar surface area (TPSA) is 68.2 Å². The van der Waals surface area contributed by atoms with Gasteiger partial charge in [-0.05, 0) is 18.2 Å². The lowest BCUT2D eigenvalue weighted by Gasteiger charge is -2.19. The number of aliphatic hydroxyl groups excluding tert-OH is 1. The van der Waals surface area contributed by atoms with Gasteiger partial charge in [0.25, 0.3) is 0 Å². The average Bonchev–Trinajstić information content (AvgIpc) is 2.92. The van der Waals surface area contributed by atoms with Crippen LogP contribution in [0.5, 0.6) is 11.5 Å². The Kier molecular flexibility index (Phi) is 5.34. The molecule has 0 atom stereocenters. The molecule has 1 aromatic rings. The van der Waals surface area contributed by atoms with Crippen molar-refractivity contribution in [1.29, 1.82) is 0 Å². The standard InChI is InChI=1S/C14H19NO5/c1-18-7-5-15(4-6-16)9-12(17)11-2-3-13-14(8-11)20-10-19-13/h2-3,8,16H,4-7,9-10H2,1H3. The Morgan fingerprint density at radius 2 is 2.15 bits per heavy atom. The summed E-state index contributed by atoms with van der Waals surface area (Å²) < 4.78 is 15.5. The van der Waals surface area contributed by atoms with Crippen LogP contribution in [0.1, 0.15) is 10.4 Å². The molecular weight excluding hydrogens is 262 g/mol. The van der Waals surface area contributed by atoms with Crippen molar-refractivity contribution in [3.05, 3.63) is 23.8 Å². The average molecular weight is 281 g/mol. The summed E-state index contributed by atoms with van der Waals surface area (Å²) in [6, 6.07) is 5.16. The molecule has 0 saturated carbocycles. The molecule has 0 bridgehead atoms. The first kappa shape index (κ1) is 14.8. The van der Waals surface area contributed by atoms with Gasteiger partial charge in [0.1, 0.15) is 0 Å². The van der Waals surface area contributed by atoms with Gasteiger partial charge in [0.2, 0.25) is 6.79 Å². The number of hydrogen-bond donors (Lipinski definition) is 1. The normalized spacial score (nSPS) is 12.9. The van der Waals surface area contributed by atoms with Crippen LogP contribution in [0.3, 0.4) is 0 Å². The highest BCUT2D eigenvalue weighted by Gasteiger charge is 2.17. The molecule has 2 rings (SSSR count). The summed E-state index contributed by atoms with van der Waals surface area (Å²) in [4.78, 5) is 14.1. The lowest BCUT2D eigenvalue weighted by atomic mass is 10.1. The zero-order valence-electron chi connectivity index (χ0n) is 11.5. The second kappa shape index (κ2) is 7.23. The minimum atomic E-state index is -0.0205. The van der Waals surface area contributed by atoms with Crippen molar-refractivity contribution in [3.63, 3.8) is 0 Å². The van der Waals surface area contributed by atoms with E-state index in [1.807, 2.05) is 4.90 Å². The first-order chi connectivity index (χ1) is 9.74. The number of carbonyl (C=O) groups excluding carboxylic acids is 1. The van der Waals surface area contributed by atoms with Crippen molar-refractivity contribution in [1.82, 2.24) is 4.90 Å². The number of Topliss-reactive ketones (excluding diaryl/α,β-unsaturated/α-hetero) is 1. The van der Waals surface area contributed by atoms with Crippen molar-refractivity contribution >= 4 is 5.78 Å². The molecule has 0 unspecified atom stereocenters. The molecule has 0 saturated heterocycles. The van der Waals surface area contributed by atoms with Crippen molar-refractivity contribution in [2.75, 3.05) is 46.8 Å². The van der Waals surface area contributed by atoms with Crippen molar-refractivity contribution in [2.24, 2.45) is 0 Å². The molecule has 1 aliphatic rings. The molecule has 1 aromatic carbocycles. The van der Waals surface area contributed by atoms with Crippen LogP contribution >= 0.6 is 0 Å². The first-order valence-electron chi connectivity index (χ1n) is 6.49. The summed E-state index contributed by atoms with van der Waals surface area (Å²) >= 11 is 0. The largest absolute Gasteiger partial charge is 0.454 e. The van der Waals surface area contributed by atoms with E-state index in [-0.39, 0.29) is 25.7 Å². The summed E-state index contributed by atoms with van der Waals surface area (Å²) in [5.74, 6) is 1.24. The van der Waals surface area contributed by atoms with E-state index in [4.69, 9.17) is 19.3 Å². The maximum Gasteiger partial charge on any atom is 0.231 e. The molecular formula is C14H19NO5. The zero-order valence-corrected chi connectivity index (χ0v) is 11.5. The molecule has 110 valence electrons. The minimum Gasteiger partial charge on any atom is -0.454 e. The van der Waals surface area contributed by atoms with Crippen molar-refractivity contribution < 1.29 is 24.1 Å². The van der Waals surface area contributed by atoms with Gasteiger partial charge < -0.3 is 19.3 Å². The Morgan fingerprint density at radius 3 is 2.90 bits per heavy atom. The highest BCUT2D eigenvalue weighted by Crippen LogP contribution is 2.32. The predicted molar refractivity (Wildman–Crippen MR) is 72.3 cm³/mol. The van der Waals surface area contributed by atoms with Gasteiger partial charge >= 0.3 is 0 Å². The molecule has 0 fully saturated rings. The Labute approximate surface area is 117 Å². The summed E-state index contributed by atoms with van der Waals surface area (Å²) in [6.45, 7) is 2.01. The van der Waals surface area contributed by atoms with E-state index in [0.29, 0.717) is 36.8 Å². The maximum absolute atomic E-state index is 12.2. The highest BCUT2D eigenvalue weighted by molar-refractivity contribution is 5.98. The number of methoxy groups -OCH3 is 1. The van der Waals surface area contributed by atoms with Crippen LogP contribution in [0.2, 0.25) is 0 Å². The molecule has 0 radical (unpaired) electrons. The number of ether oxygens (including phenoxy) is 3. The van der Waals surface area contributed by atoms with E-state index in [1.165, 1.54) is 0 Å². The van der Waals surface area contributed by atoms with E-state index in [9.17, 15) is 4.79 Å². The van der Waals surface area contributed by atoms with E-state index < -0.39 is 0 Å². The van der Waals surface area contributed by atoms with Crippen LogP contribution in [-0.4, -0.2) is 62.5 Å². The quantitative estimate of drug-likeness (QED) is 0.701. The number of rotatable bonds is 8. The molecule has 0 spiro atoms.